The van der Waals surface area contributed by atoms with Crippen molar-refractivity contribution in [2.75, 3.05) is 26.2 Å². The maximum absolute atomic E-state index is 15.1. The van der Waals surface area contributed by atoms with E-state index in [1.807, 2.05) is 35.4 Å². The summed E-state index contributed by atoms with van der Waals surface area (Å²) in [4.78, 5) is 16.9. The van der Waals surface area contributed by atoms with E-state index in [1.165, 1.54) is 16.4 Å². The van der Waals surface area contributed by atoms with Crippen LogP contribution in [0.2, 0.25) is 0 Å². The monoisotopic (exact) mass is 483 g/mol. The number of morpholine rings is 1. The van der Waals surface area contributed by atoms with E-state index >= 15 is 4.39 Å². The van der Waals surface area contributed by atoms with Crippen molar-refractivity contribution in [1.29, 1.82) is 0 Å². The fourth-order valence-corrected chi connectivity index (χ4v) is 6.64. The van der Waals surface area contributed by atoms with E-state index in [0.29, 0.717) is 31.0 Å². The first-order valence-electron chi connectivity index (χ1n) is 11.7. The third-order valence-electron chi connectivity index (χ3n) is 7.34. The number of piperidine rings is 1. The molecule has 2 aliphatic heterocycles. The molecule has 178 valence electrons. The zero-order valence-corrected chi connectivity index (χ0v) is 19.5. The van der Waals surface area contributed by atoms with Gasteiger partial charge in [-0.3, -0.25) is 4.79 Å². The smallest absolute Gasteiger partial charge is 0.248 e. The molecule has 0 unspecified atom stereocenters. The van der Waals surface area contributed by atoms with Crippen LogP contribution in [0.1, 0.15) is 25.7 Å². The summed E-state index contributed by atoms with van der Waals surface area (Å²) in [6.45, 7) is 1.03. The van der Waals surface area contributed by atoms with Crippen molar-refractivity contribution >= 4 is 26.8 Å². The van der Waals surface area contributed by atoms with E-state index < -0.39 is 21.4 Å². The first-order chi connectivity index (χ1) is 16.3. The summed E-state index contributed by atoms with van der Waals surface area (Å²) in [5.74, 6) is -0.746. The molecule has 3 aromatic rings. The predicted molar refractivity (Wildman–Crippen MR) is 125 cm³/mol. The Morgan fingerprint density at radius 3 is 2.50 bits per heavy atom. The molecule has 1 aliphatic carbocycles. The number of aromatic amines is 1. The van der Waals surface area contributed by atoms with Crippen molar-refractivity contribution in [2.24, 2.45) is 0 Å². The molecule has 9 heteroatoms. The Labute approximate surface area is 197 Å². The average Bonchev–Trinajstić information content (AvgIpc) is 3.57. The van der Waals surface area contributed by atoms with Crippen molar-refractivity contribution in [2.45, 2.75) is 42.2 Å². The predicted octanol–water partition coefficient (Wildman–Crippen LogP) is 3.52. The van der Waals surface area contributed by atoms with Crippen LogP contribution in [0.4, 0.5) is 4.39 Å². The van der Waals surface area contributed by atoms with Crippen LogP contribution in [0.15, 0.2) is 53.6 Å². The Hall–Kier alpha value is -2.75. The lowest BCUT2D eigenvalue weighted by Gasteiger charge is -2.46. The molecule has 0 atom stereocenters. The number of sulfonamides is 1. The van der Waals surface area contributed by atoms with Crippen LogP contribution in [-0.4, -0.2) is 66.4 Å². The van der Waals surface area contributed by atoms with Crippen molar-refractivity contribution < 1.29 is 22.3 Å². The number of fused-ring (bicyclic) bond motifs is 1. The second-order valence-electron chi connectivity index (χ2n) is 9.55. The van der Waals surface area contributed by atoms with Gasteiger partial charge in [0.15, 0.2) is 0 Å². The number of hydrogen-bond acceptors (Lipinski definition) is 4. The number of hydrogen-bond donors (Lipinski definition) is 1. The molecule has 1 amide bonds. The SMILES string of the molecule is O=C1COC2(CCN(S(=O)(=O)c3ccc(-c4ccc5cc[nH]c5c4)cc3F)CC2)CN1C1CC1. The molecule has 2 saturated heterocycles. The van der Waals surface area contributed by atoms with Gasteiger partial charge in [-0.2, -0.15) is 4.31 Å². The normalized spacial score (nSPS) is 21.4. The minimum Gasteiger partial charge on any atom is -0.363 e. The molecule has 2 aromatic carbocycles. The zero-order valence-electron chi connectivity index (χ0n) is 18.7. The number of benzene rings is 2. The highest BCUT2D eigenvalue weighted by atomic mass is 32.2. The summed E-state index contributed by atoms with van der Waals surface area (Å²) in [6.07, 6.45) is 4.86. The summed E-state index contributed by atoms with van der Waals surface area (Å²) in [5.41, 5.74) is 1.85. The van der Waals surface area contributed by atoms with Crippen LogP contribution >= 0.6 is 0 Å². The summed E-state index contributed by atoms with van der Waals surface area (Å²) in [7, 11) is -3.98. The van der Waals surface area contributed by atoms with Crippen molar-refractivity contribution in [3.05, 3.63) is 54.5 Å². The molecule has 1 saturated carbocycles. The van der Waals surface area contributed by atoms with E-state index in [1.54, 1.807) is 6.07 Å². The van der Waals surface area contributed by atoms with Gasteiger partial charge in [-0.25, -0.2) is 12.8 Å². The molecular formula is C25H26FN3O4S. The van der Waals surface area contributed by atoms with Crippen LogP contribution in [0.3, 0.4) is 0 Å². The number of aromatic nitrogens is 1. The van der Waals surface area contributed by atoms with Gasteiger partial charge in [-0.05, 0) is 66.5 Å². The van der Waals surface area contributed by atoms with E-state index in [0.717, 1.165) is 29.3 Å². The van der Waals surface area contributed by atoms with Gasteiger partial charge in [0.05, 0.1) is 12.1 Å². The Morgan fingerprint density at radius 2 is 1.76 bits per heavy atom. The molecule has 3 aliphatic rings. The molecule has 3 heterocycles. The molecule has 3 fully saturated rings. The first kappa shape index (κ1) is 21.8. The second-order valence-corrected chi connectivity index (χ2v) is 11.5. The van der Waals surface area contributed by atoms with Crippen LogP contribution in [-0.2, 0) is 19.6 Å². The van der Waals surface area contributed by atoms with Gasteiger partial charge in [0.25, 0.3) is 0 Å². The molecule has 1 aromatic heterocycles. The van der Waals surface area contributed by atoms with E-state index in [2.05, 4.69) is 4.98 Å². The lowest BCUT2D eigenvalue weighted by Crippen LogP contribution is -2.59. The number of H-pyrrole nitrogens is 1. The summed E-state index contributed by atoms with van der Waals surface area (Å²) >= 11 is 0. The Morgan fingerprint density at radius 1 is 1.03 bits per heavy atom. The van der Waals surface area contributed by atoms with Crippen LogP contribution in [0.25, 0.3) is 22.0 Å². The van der Waals surface area contributed by atoms with Gasteiger partial charge in [0.1, 0.15) is 17.3 Å². The number of amides is 1. The molecule has 34 heavy (non-hydrogen) atoms. The maximum atomic E-state index is 15.1. The van der Waals surface area contributed by atoms with Gasteiger partial charge in [0.2, 0.25) is 15.9 Å². The number of halogens is 1. The molecule has 1 N–H and O–H groups in total. The van der Waals surface area contributed by atoms with E-state index in [4.69, 9.17) is 4.74 Å². The minimum absolute atomic E-state index is 0.0146. The Balaban J connectivity index is 1.20. The third kappa shape index (κ3) is 3.72. The number of nitrogens with zero attached hydrogens (tertiary/aromatic N) is 2. The van der Waals surface area contributed by atoms with E-state index in [9.17, 15) is 13.2 Å². The van der Waals surface area contributed by atoms with Gasteiger partial charge in [-0.1, -0.05) is 18.2 Å². The van der Waals surface area contributed by atoms with Crippen molar-refractivity contribution in [1.82, 2.24) is 14.2 Å². The molecule has 6 rings (SSSR count). The zero-order chi connectivity index (χ0) is 23.5. The highest BCUT2D eigenvalue weighted by Gasteiger charge is 2.47. The summed E-state index contributed by atoms with van der Waals surface area (Å²) < 4.78 is 48.9. The van der Waals surface area contributed by atoms with Crippen LogP contribution < -0.4 is 0 Å². The lowest BCUT2D eigenvalue weighted by molar-refractivity contribution is -0.170. The average molecular weight is 484 g/mol. The van der Waals surface area contributed by atoms with Crippen LogP contribution in [0, 0.1) is 5.82 Å². The highest BCUT2D eigenvalue weighted by molar-refractivity contribution is 7.89. The molecule has 0 radical (unpaired) electrons. The molecule has 0 bridgehead atoms. The fourth-order valence-electron chi connectivity index (χ4n) is 5.15. The van der Waals surface area contributed by atoms with Crippen molar-refractivity contribution in [3.8, 4) is 11.1 Å². The number of rotatable bonds is 4. The highest BCUT2D eigenvalue weighted by Crippen LogP contribution is 2.37. The minimum atomic E-state index is -3.98. The molecular weight excluding hydrogens is 457 g/mol. The summed E-state index contributed by atoms with van der Waals surface area (Å²) in [6, 6.07) is 12.3. The number of carbonyl (C=O) groups is 1. The largest absolute Gasteiger partial charge is 0.363 e. The Kier molecular flexibility index (Phi) is 5.05. The van der Waals surface area contributed by atoms with Crippen LogP contribution in [0.5, 0.6) is 0 Å². The fraction of sp³-hybridized carbons (Fsp3) is 0.400. The topological polar surface area (TPSA) is 82.7 Å². The Bertz CT molecular complexity index is 1370. The van der Waals surface area contributed by atoms with Gasteiger partial charge >= 0.3 is 0 Å². The van der Waals surface area contributed by atoms with Crippen molar-refractivity contribution in [3.63, 3.8) is 0 Å². The molecule has 7 nitrogen and oxygen atoms in total. The maximum Gasteiger partial charge on any atom is 0.248 e. The lowest BCUT2D eigenvalue weighted by atomic mass is 9.90. The first-order valence-corrected chi connectivity index (χ1v) is 13.1. The third-order valence-corrected chi connectivity index (χ3v) is 9.27. The number of carbonyl (C=O) groups excluding carboxylic acids is 1. The van der Waals surface area contributed by atoms with Gasteiger partial charge < -0.3 is 14.6 Å². The number of ether oxygens (including phenoxy) is 1. The van der Waals surface area contributed by atoms with Gasteiger partial charge in [-0.15, -0.1) is 0 Å². The number of nitrogens with one attached hydrogen (secondary N) is 1. The van der Waals surface area contributed by atoms with Gasteiger partial charge in [0, 0.05) is 30.8 Å². The van der Waals surface area contributed by atoms with E-state index in [-0.39, 0.29) is 30.5 Å². The quantitative estimate of drug-likeness (QED) is 0.616. The molecule has 1 spiro atoms. The summed E-state index contributed by atoms with van der Waals surface area (Å²) in [5, 5.41) is 1.05. The standard InChI is InChI=1S/C25H26FN3O4S/c26-21-13-18(19-2-1-17-7-10-27-22(17)14-19)3-6-23(21)34(31,32)28-11-8-25(9-12-28)16-29(20-4-5-20)24(30)15-33-25/h1-3,6-7,10,13-14,20,27H,4-5,8-9,11-12,15-16H2. The second kappa shape index (κ2) is 7.90.